The number of fused-ring (bicyclic) bond motifs is 1. The van der Waals surface area contributed by atoms with Gasteiger partial charge in [-0.3, -0.25) is 19.2 Å². The van der Waals surface area contributed by atoms with E-state index >= 15 is 0 Å². The number of aromatic amines is 1. The molecule has 7 nitrogen and oxygen atoms in total. The highest BCUT2D eigenvalue weighted by atomic mass is 16.7. The summed E-state index contributed by atoms with van der Waals surface area (Å²) < 4.78 is 1.36. The van der Waals surface area contributed by atoms with Crippen molar-refractivity contribution in [2.24, 2.45) is 0 Å². The van der Waals surface area contributed by atoms with Gasteiger partial charge in [0, 0.05) is 19.2 Å². The quantitative estimate of drug-likeness (QED) is 0.648. The number of aryl methyl sites for hydroxylation is 1. The molecule has 2 rings (SSSR count). The van der Waals surface area contributed by atoms with Gasteiger partial charge in [0.15, 0.2) is 0 Å². The molecule has 0 radical (unpaired) electrons. The number of amides is 1. The van der Waals surface area contributed by atoms with Crippen LogP contribution in [0.3, 0.4) is 0 Å². The summed E-state index contributed by atoms with van der Waals surface area (Å²) in [7, 11) is 2.87. The van der Waals surface area contributed by atoms with Crippen molar-refractivity contribution in [3.8, 4) is 0 Å². The largest absolute Gasteiger partial charge is 0.316 e. The van der Waals surface area contributed by atoms with Crippen molar-refractivity contribution in [1.29, 1.82) is 0 Å². The van der Waals surface area contributed by atoms with Gasteiger partial charge < -0.3 is 9.55 Å². The summed E-state index contributed by atoms with van der Waals surface area (Å²) in [6.45, 7) is 2.16. The van der Waals surface area contributed by atoms with E-state index in [1.54, 1.807) is 19.1 Å². The van der Waals surface area contributed by atoms with Crippen LogP contribution in [0.25, 0.3) is 11.0 Å². The number of carbonyl (C=O) groups is 1. The van der Waals surface area contributed by atoms with Gasteiger partial charge in [0.05, 0.1) is 18.1 Å². The van der Waals surface area contributed by atoms with Crippen molar-refractivity contribution < 1.29 is 9.63 Å². The van der Waals surface area contributed by atoms with E-state index in [0.717, 1.165) is 5.06 Å². The molecule has 0 aliphatic heterocycles. The predicted molar refractivity (Wildman–Crippen MR) is 73.6 cm³/mol. The molecule has 0 atom stereocenters. The molecule has 1 amide bonds. The Morgan fingerprint density at radius 3 is 2.70 bits per heavy atom. The predicted octanol–water partition coefficient (Wildman–Crippen LogP) is 0.343. The Labute approximate surface area is 114 Å². The molecule has 7 heteroatoms. The van der Waals surface area contributed by atoms with Crippen LogP contribution in [0.5, 0.6) is 0 Å². The molecule has 1 N–H and O–H groups in total. The van der Waals surface area contributed by atoms with Crippen LogP contribution in [0, 0.1) is 0 Å². The highest BCUT2D eigenvalue weighted by Gasteiger charge is 2.13. The molecule has 0 spiro atoms. The molecule has 0 unspecified atom stereocenters. The molecule has 1 aromatic carbocycles. The lowest BCUT2D eigenvalue weighted by molar-refractivity contribution is -0.0756. The van der Waals surface area contributed by atoms with Crippen molar-refractivity contribution in [3.05, 3.63) is 44.5 Å². The van der Waals surface area contributed by atoms with Gasteiger partial charge in [-0.15, -0.1) is 0 Å². The number of benzene rings is 1. The minimum absolute atomic E-state index is 0.343. The summed E-state index contributed by atoms with van der Waals surface area (Å²) in [5.41, 5.74) is 0.0662. The van der Waals surface area contributed by atoms with E-state index in [9.17, 15) is 14.4 Å². The number of nitrogens with zero attached hydrogens (tertiary/aromatic N) is 2. The average Bonchev–Trinajstić information content (AvgIpc) is 2.46. The molecular weight excluding hydrogens is 262 g/mol. The SMILES string of the molecule is CCn1c(=O)c(=O)[nH]c2cc(C(=O)N(C)OC)ccc21. The molecule has 2 aromatic rings. The van der Waals surface area contributed by atoms with Crippen molar-refractivity contribution in [2.45, 2.75) is 13.5 Å². The second kappa shape index (κ2) is 5.30. The van der Waals surface area contributed by atoms with E-state index in [1.165, 1.54) is 24.8 Å². The number of aromatic nitrogens is 2. The summed E-state index contributed by atoms with van der Waals surface area (Å²) >= 11 is 0. The zero-order valence-corrected chi connectivity index (χ0v) is 11.5. The van der Waals surface area contributed by atoms with Crippen LogP contribution in [0.4, 0.5) is 0 Å². The molecule has 0 bridgehead atoms. The molecule has 0 saturated carbocycles. The first-order valence-corrected chi connectivity index (χ1v) is 6.08. The topological polar surface area (TPSA) is 84.4 Å². The maximum Gasteiger partial charge on any atom is 0.316 e. The Hall–Kier alpha value is -2.41. The molecule has 106 valence electrons. The number of carbonyl (C=O) groups excluding carboxylic acids is 1. The molecule has 1 aromatic heterocycles. The van der Waals surface area contributed by atoms with Crippen LogP contribution < -0.4 is 11.1 Å². The minimum Gasteiger partial charge on any atom is -0.316 e. The van der Waals surface area contributed by atoms with Gasteiger partial charge in [-0.1, -0.05) is 0 Å². The maximum atomic E-state index is 12.0. The van der Waals surface area contributed by atoms with Gasteiger partial charge in [0.2, 0.25) is 0 Å². The Bertz CT molecular complexity index is 775. The fourth-order valence-electron chi connectivity index (χ4n) is 1.99. The lowest BCUT2D eigenvalue weighted by Crippen LogP contribution is -2.36. The molecule has 0 aliphatic rings. The summed E-state index contributed by atoms with van der Waals surface area (Å²) in [4.78, 5) is 42.6. The van der Waals surface area contributed by atoms with Crippen molar-refractivity contribution >= 4 is 16.9 Å². The van der Waals surface area contributed by atoms with Crippen LogP contribution in [0.15, 0.2) is 27.8 Å². The summed E-state index contributed by atoms with van der Waals surface area (Å²) in [6, 6.07) is 4.75. The van der Waals surface area contributed by atoms with E-state index in [1.807, 2.05) is 0 Å². The lowest BCUT2D eigenvalue weighted by atomic mass is 10.1. The third-order valence-corrected chi connectivity index (χ3v) is 3.10. The summed E-state index contributed by atoms with van der Waals surface area (Å²) in [5, 5.41) is 1.08. The highest BCUT2D eigenvalue weighted by Crippen LogP contribution is 2.13. The number of nitrogens with one attached hydrogen (secondary N) is 1. The zero-order chi connectivity index (χ0) is 14.9. The number of hydroxylamine groups is 2. The van der Waals surface area contributed by atoms with Crippen molar-refractivity contribution in [3.63, 3.8) is 0 Å². The molecule has 0 saturated heterocycles. The van der Waals surface area contributed by atoms with Gasteiger partial charge in [-0.25, -0.2) is 5.06 Å². The number of rotatable bonds is 3. The monoisotopic (exact) mass is 277 g/mol. The van der Waals surface area contributed by atoms with E-state index in [2.05, 4.69) is 4.98 Å². The Balaban J connectivity index is 2.67. The zero-order valence-electron chi connectivity index (χ0n) is 11.5. The van der Waals surface area contributed by atoms with E-state index in [0.29, 0.717) is 23.1 Å². The van der Waals surface area contributed by atoms with Gasteiger partial charge in [0.1, 0.15) is 0 Å². The molecule has 20 heavy (non-hydrogen) atoms. The Morgan fingerprint density at radius 1 is 1.40 bits per heavy atom. The summed E-state index contributed by atoms with van der Waals surface area (Å²) in [5.74, 6) is -0.343. The number of H-pyrrole nitrogens is 1. The lowest BCUT2D eigenvalue weighted by Gasteiger charge is -2.14. The van der Waals surface area contributed by atoms with E-state index in [4.69, 9.17) is 4.84 Å². The Kier molecular flexibility index (Phi) is 3.71. The Morgan fingerprint density at radius 2 is 2.10 bits per heavy atom. The number of hydrogen-bond acceptors (Lipinski definition) is 4. The first-order valence-electron chi connectivity index (χ1n) is 6.08. The molecule has 0 fully saturated rings. The van der Waals surface area contributed by atoms with Crippen LogP contribution in [-0.4, -0.2) is 34.7 Å². The average molecular weight is 277 g/mol. The molecule has 0 aliphatic carbocycles. The normalized spacial score (nSPS) is 10.8. The smallest absolute Gasteiger partial charge is 0.316 e. The van der Waals surface area contributed by atoms with Crippen LogP contribution in [-0.2, 0) is 11.4 Å². The molecular formula is C13H15N3O4. The standard InChI is InChI=1S/C13H15N3O4/c1-4-16-10-6-5-8(12(18)15(2)20-3)7-9(10)14-11(17)13(16)19/h5-7H,4H2,1-3H3,(H,14,17). The van der Waals surface area contributed by atoms with E-state index < -0.39 is 11.1 Å². The van der Waals surface area contributed by atoms with Crippen LogP contribution in [0.2, 0.25) is 0 Å². The summed E-state index contributed by atoms with van der Waals surface area (Å²) in [6.07, 6.45) is 0. The van der Waals surface area contributed by atoms with Crippen molar-refractivity contribution in [2.75, 3.05) is 14.2 Å². The fraction of sp³-hybridized carbons (Fsp3) is 0.308. The van der Waals surface area contributed by atoms with E-state index in [-0.39, 0.29) is 5.91 Å². The van der Waals surface area contributed by atoms with Crippen molar-refractivity contribution in [1.82, 2.24) is 14.6 Å². The second-order valence-corrected chi connectivity index (χ2v) is 4.22. The van der Waals surface area contributed by atoms with Gasteiger partial charge in [-0.2, -0.15) is 0 Å². The third-order valence-electron chi connectivity index (χ3n) is 3.10. The first-order chi connectivity index (χ1) is 9.49. The fourth-order valence-corrected chi connectivity index (χ4v) is 1.99. The minimum atomic E-state index is -0.705. The highest BCUT2D eigenvalue weighted by molar-refractivity contribution is 5.96. The molecule has 1 heterocycles. The van der Waals surface area contributed by atoms with Crippen LogP contribution in [0.1, 0.15) is 17.3 Å². The van der Waals surface area contributed by atoms with Gasteiger partial charge in [-0.05, 0) is 25.1 Å². The maximum absolute atomic E-state index is 12.0. The number of hydrogen-bond donors (Lipinski definition) is 1. The third kappa shape index (κ3) is 2.23. The second-order valence-electron chi connectivity index (χ2n) is 4.22. The first kappa shape index (κ1) is 14.0. The van der Waals surface area contributed by atoms with Gasteiger partial charge in [0.25, 0.3) is 5.91 Å². The van der Waals surface area contributed by atoms with Gasteiger partial charge >= 0.3 is 11.1 Å². The van der Waals surface area contributed by atoms with Crippen LogP contribution >= 0.6 is 0 Å².